The third-order valence-corrected chi connectivity index (χ3v) is 6.24. The van der Waals surface area contributed by atoms with Crippen LogP contribution in [0.15, 0.2) is 63.8 Å². The van der Waals surface area contributed by atoms with E-state index in [4.69, 9.17) is 8.83 Å². The van der Waals surface area contributed by atoms with Gasteiger partial charge in [-0.2, -0.15) is 0 Å². The molecule has 2 aliphatic rings. The largest absolute Gasteiger partial charge is 0.468 e. The molecule has 0 saturated carbocycles. The fraction of sp³-hybridized carbons (Fsp3) is 0.417. The Kier molecular flexibility index (Phi) is 6.22. The smallest absolute Gasteiger partial charge is 0.275 e. The Morgan fingerprint density at radius 3 is 2.22 bits per heavy atom. The number of carbonyl (C=O) groups excluding carboxylic acids is 1. The van der Waals surface area contributed by atoms with Gasteiger partial charge in [-0.3, -0.25) is 14.6 Å². The molecule has 1 amide bonds. The molecule has 2 aliphatic heterocycles. The third-order valence-electron chi connectivity index (χ3n) is 6.24. The first-order valence-electron chi connectivity index (χ1n) is 11.3. The van der Waals surface area contributed by atoms with E-state index in [2.05, 4.69) is 31.8 Å². The minimum absolute atomic E-state index is 0.0454. The second-order valence-corrected chi connectivity index (χ2v) is 8.37. The monoisotopic (exact) mass is 435 g/mol. The molecule has 0 unspecified atom stereocenters. The summed E-state index contributed by atoms with van der Waals surface area (Å²) in [4.78, 5) is 26.3. The molecule has 0 radical (unpaired) electrons. The number of nitrogens with zero attached hydrogens (tertiary/aromatic N) is 5. The second-order valence-electron chi connectivity index (χ2n) is 8.37. The fourth-order valence-electron chi connectivity index (χ4n) is 4.37. The number of para-hydroxylation sites is 1. The summed E-state index contributed by atoms with van der Waals surface area (Å²) in [5.41, 5.74) is 1.61. The minimum atomic E-state index is -0.0454. The maximum atomic E-state index is 12.9. The lowest BCUT2D eigenvalue weighted by Gasteiger charge is -2.35. The zero-order valence-corrected chi connectivity index (χ0v) is 18.2. The average molecular weight is 436 g/mol. The van der Waals surface area contributed by atoms with E-state index in [1.54, 1.807) is 6.26 Å². The number of hydrogen-bond donors (Lipinski definition) is 0. The summed E-state index contributed by atoms with van der Waals surface area (Å²) < 4.78 is 11.1. The number of oxazole rings is 1. The molecule has 168 valence electrons. The van der Waals surface area contributed by atoms with Crippen molar-refractivity contribution in [2.45, 2.75) is 13.1 Å². The number of anilines is 1. The van der Waals surface area contributed by atoms with E-state index in [9.17, 15) is 4.79 Å². The van der Waals surface area contributed by atoms with Gasteiger partial charge in [0, 0.05) is 58.0 Å². The highest BCUT2D eigenvalue weighted by Crippen LogP contribution is 2.17. The topological polar surface area (TPSA) is 69.2 Å². The number of furan rings is 1. The molecule has 0 atom stereocenters. The summed E-state index contributed by atoms with van der Waals surface area (Å²) in [5.74, 6) is 1.56. The van der Waals surface area contributed by atoms with Gasteiger partial charge in [0.05, 0.1) is 19.4 Å². The van der Waals surface area contributed by atoms with Crippen LogP contribution >= 0.6 is 0 Å². The van der Waals surface area contributed by atoms with Crippen LogP contribution in [-0.2, 0) is 13.1 Å². The molecular weight excluding hydrogens is 406 g/mol. The van der Waals surface area contributed by atoms with E-state index in [1.165, 1.54) is 12.0 Å². The van der Waals surface area contributed by atoms with Crippen molar-refractivity contribution in [3.63, 3.8) is 0 Å². The highest BCUT2D eigenvalue weighted by Gasteiger charge is 2.25. The summed E-state index contributed by atoms with van der Waals surface area (Å²) in [6, 6.07) is 14.3. The first kappa shape index (κ1) is 20.8. The van der Waals surface area contributed by atoms with E-state index in [1.807, 2.05) is 35.2 Å². The number of aromatic nitrogens is 1. The summed E-state index contributed by atoms with van der Waals surface area (Å²) in [6.07, 6.45) is 3.23. The van der Waals surface area contributed by atoms with Gasteiger partial charge in [0.25, 0.3) is 5.91 Å². The molecule has 8 heteroatoms. The van der Waals surface area contributed by atoms with Gasteiger partial charge in [-0.1, -0.05) is 18.2 Å². The van der Waals surface area contributed by atoms with E-state index in [0.29, 0.717) is 31.2 Å². The van der Waals surface area contributed by atoms with E-state index >= 15 is 0 Å². The zero-order valence-electron chi connectivity index (χ0n) is 18.2. The van der Waals surface area contributed by atoms with Gasteiger partial charge in [-0.15, -0.1) is 0 Å². The predicted molar refractivity (Wildman–Crippen MR) is 120 cm³/mol. The number of amides is 1. The van der Waals surface area contributed by atoms with E-state index in [-0.39, 0.29) is 5.91 Å². The molecule has 4 heterocycles. The van der Waals surface area contributed by atoms with Gasteiger partial charge in [-0.25, -0.2) is 4.98 Å². The fourth-order valence-corrected chi connectivity index (χ4v) is 4.37. The van der Waals surface area contributed by atoms with Crippen LogP contribution in [0.5, 0.6) is 0 Å². The van der Waals surface area contributed by atoms with Crippen LogP contribution in [0, 0.1) is 0 Å². The normalized spacial score (nSPS) is 18.2. The molecule has 32 heavy (non-hydrogen) atoms. The number of carbonyl (C=O) groups is 1. The number of hydrogen-bond acceptors (Lipinski definition) is 7. The van der Waals surface area contributed by atoms with Gasteiger partial charge in [0.1, 0.15) is 12.0 Å². The minimum Gasteiger partial charge on any atom is -0.468 e. The van der Waals surface area contributed by atoms with Crippen LogP contribution in [0.1, 0.15) is 22.1 Å². The van der Waals surface area contributed by atoms with E-state index < -0.39 is 0 Å². The van der Waals surface area contributed by atoms with Crippen molar-refractivity contribution in [3.8, 4) is 0 Å². The van der Waals surface area contributed by atoms with Crippen LogP contribution in [-0.4, -0.2) is 77.9 Å². The van der Waals surface area contributed by atoms with Crippen molar-refractivity contribution in [2.24, 2.45) is 0 Å². The van der Waals surface area contributed by atoms with Crippen LogP contribution < -0.4 is 4.90 Å². The first-order valence-corrected chi connectivity index (χ1v) is 11.3. The van der Waals surface area contributed by atoms with Crippen molar-refractivity contribution in [3.05, 3.63) is 72.3 Å². The second kappa shape index (κ2) is 9.58. The highest BCUT2D eigenvalue weighted by atomic mass is 16.3. The summed E-state index contributed by atoms with van der Waals surface area (Å²) in [7, 11) is 0. The summed E-state index contributed by atoms with van der Waals surface area (Å²) in [6.45, 7) is 8.31. The molecule has 2 fully saturated rings. The Balaban J connectivity index is 1.09. The Morgan fingerprint density at radius 1 is 0.812 bits per heavy atom. The number of rotatable bonds is 6. The number of piperazine rings is 2. The molecule has 0 aliphatic carbocycles. The van der Waals surface area contributed by atoms with Gasteiger partial charge < -0.3 is 18.6 Å². The average Bonchev–Trinajstić information content (AvgIpc) is 3.53. The summed E-state index contributed by atoms with van der Waals surface area (Å²) in [5, 5.41) is 0. The zero-order chi connectivity index (χ0) is 21.8. The maximum absolute atomic E-state index is 12.9. The quantitative estimate of drug-likeness (QED) is 0.589. The molecular formula is C24H29N5O3. The SMILES string of the molecule is O=C(c1coc(CN2CCN(Cc3ccco3)CC2)n1)N1CCN(c2ccccc2)CC1. The standard InChI is InChI=1S/C24H29N5O3/c30-24(29-14-12-28(13-15-29)20-5-2-1-3-6-20)22-19-32-23(25-22)18-27-10-8-26(9-11-27)17-21-7-4-16-31-21/h1-7,16,19H,8-15,17-18H2. The van der Waals surface area contributed by atoms with Crippen LogP contribution in [0.3, 0.4) is 0 Å². The van der Waals surface area contributed by atoms with Crippen LogP contribution in [0.25, 0.3) is 0 Å². The van der Waals surface area contributed by atoms with Crippen LogP contribution in [0.4, 0.5) is 5.69 Å². The van der Waals surface area contributed by atoms with Gasteiger partial charge in [-0.05, 0) is 24.3 Å². The molecule has 5 rings (SSSR count). The molecule has 0 N–H and O–H groups in total. The van der Waals surface area contributed by atoms with Crippen molar-refractivity contribution in [2.75, 3.05) is 57.3 Å². The Labute approximate surface area is 188 Å². The van der Waals surface area contributed by atoms with Crippen molar-refractivity contribution < 1.29 is 13.6 Å². The lowest BCUT2D eigenvalue weighted by molar-refractivity contribution is 0.0740. The molecule has 3 aromatic rings. The Morgan fingerprint density at radius 2 is 1.53 bits per heavy atom. The van der Waals surface area contributed by atoms with Gasteiger partial charge in [0.15, 0.2) is 5.69 Å². The molecule has 0 spiro atoms. The third kappa shape index (κ3) is 4.87. The number of benzene rings is 1. The molecule has 1 aromatic carbocycles. The maximum Gasteiger partial charge on any atom is 0.275 e. The van der Waals surface area contributed by atoms with Crippen molar-refractivity contribution in [1.82, 2.24) is 19.7 Å². The Bertz CT molecular complexity index is 988. The first-order chi connectivity index (χ1) is 15.7. The van der Waals surface area contributed by atoms with Crippen molar-refractivity contribution >= 4 is 11.6 Å². The van der Waals surface area contributed by atoms with E-state index in [0.717, 1.165) is 51.6 Å². The van der Waals surface area contributed by atoms with Crippen LogP contribution in [0.2, 0.25) is 0 Å². The van der Waals surface area contributed by atoms with Gasteiger partial charge >= 0.3 is 0 Å². The van der Waals surface area contributed by atoms with Gasteiger partial charge in [0.2, 0.25) is 5.89 Å². The summed E-state index contributed by atoms with van der Waals surface area (Å²) >= 11 is 0. The molecule has 8 nitrogen and oxygen atoms in total. The van der Waals surface area contributed by atoms with Crippen molar-refractivity contribution in [1.29, 1.82) is 0 Å². The molecule has 2 aromatic heterocycles. The highest BCUT2D eigenvalue weighted by molar-refractivity contribution is 5.92. The molecule has 0 bridgehead atoms. The predicted octanol–water partition coefficient (Wildman–Crippen LogP) is 2.55. The Hall–Kier alpha value is -3.10. The lowest BCUT2D eigenvalue weighted by Crippen LogP contribution is -2.48. The lowest BCUT2D eigenvalue weighted by atomic mass is 10.2. The molecule has 2 saturated heterocycles.